The Labute approximate surface area is 409 Å². The molecule has 0 unspecified atom stereocenters. The first kappa shape index (κ1) is 61.1. The van der Waals surface area contributed by atoms with Gasteiger partial charge in [-0.1, -0.05) is 267 Å². The van der Waals surface area contributed by atoms with E-state index in [0.29, 0.717) is 10.0 Å². The van der Waals surface area contributed by atoms with Crippen LogP contribution in [0.2, 0.25) is 15.1 Å². The molecule has 0 saturated heterocycles. The van der Waals surface area contributed by atoms with E-state index >= 15 is 0 Å². The lowest BCUT2D eigenvalue weighted by atomic mass is 10.1. The average Bonchev–Trinajstić information content (AvgIpc) is 3.28. The lowest BCUT2D eigenvalue weighted by Crippen LogP contribution is -1.74. The highest BCUT2D eigenvalue weighted by Gasteiger charge is 1.89. The van der Waals surface area contributed by atoms with E-state index in [0.717, 1.165) is 5.02 Å². The van der Waals surface area contributed by atoms with E-state index in [1.165, 1.54) is 71.0 Å². The van der Waals surface area contributed by atoms with Crippen LogP contribution < -0.4 is 0 Å². The molecule has 340 valence electrons. The van der Waals surface area contributed by atoms with E-state index in [4.69, 9.17) is 58.0 Å². The van der Waals surface area contributed by atoms with Gasteiger partial charge in [0.15, 0.2) is 0 Å². The van der Waals surface area contributed by atoms with Crippen molar-refractivity contribution in [2.24, 2.45) is 0 Å². The Morgan fingerprint density at radius 3 is 0.730 bits per heavy atom. The maximum atomic E-state index is 5.58. The highest BCUT2D eigenvalue weighted by molar-refractivity contribution is 6.44. The minimum atomic E-state index is -0.222. The Kier molecular flexibility index (Phi) is 41.9. The summed E-state index contributed by atoms with van der Waals surface area (Å²) in [6.45, 7) is 20.9. The Morgan fingerprint density at radius 1 is 0.317 bits per heavy atom. The number of alkyl halides is 2. The predicted molar refractivity (Wildman–Crippen MR) is 289 cm³/mol. The fourth-order valence-electron chi connectivity index (χ4n) is 4.41. The second-order valence-corrected chi connectivity index (χ2v) is 17.2. The first-order valence-electron chi connectivity index (χ1n) is 21.6. The van der Waals surface area contributed by atoms with Gasteiger partial charge in [-0.2, -0.15) is 0 Å². The molecule has 0 fully saturated rings. The Bertz CT molecular complexity index is 1740. The van der Waals surface area contributed by atoms with Gasteiger partial charge in [0.25, 0.3) is 0 Å². The van der Waals surface area contributed by atoms with Gasteiger partial charge in [-0.25, -0.2) is 0 Å². The highest BCUT2D eigenvalue weighted by Crippen LogP contribution is 2.19. The monoisotopic (exact) mass is 944 g/mol. The van der Waals surface area contributed by atoms with Crippen molar-refractivity contribution in [2.45, 2.75) is 106 Å². The van der Waals surface area contributed by atoms with E-state index in [1.807, 2.05) is 97.1 Å². The molecule has 0 bridgehead atoms. The normalized spacial score (nSPS) is 9.02. The Morgan fingerprint density at radius 2 is 0.540 bits per heavy atom. The largest absolute Gasteiger partial charge is 0.106 e. The minimum absolute atomic E-state index is 0.222. The van der Waals surface area contributed by atoms with Crippen molar-refractivity contribution < 1.29 is 0 Å². The molecule has 5 heteroatoms. The standard InChI is InChI=1S/3C8H10.C7H8.C7H16.C6H4Cl2.C6H5Cl.C6H6.C2H4Cl2/c1-7-3-5-8(2)6-4-7;2*1-7-5-3-4-6-8(7)2;1-7-5-3-2-4-6-7;1-3-5-7-6-4-2;7-5-3-1-2-4-6(5)8;7-6-4-2-1-3-5-6;1-2-4-6-5-3-1;1-2(3)4/h3*3-6H,1-2H3;2-6H,1H3;3-7H2,1-2H3;1-4H;1-5H;1-6H;2H,1H3. The van der Waals surface area contributed by atoms with Crippen molar-refractivity contribution in [3.63, 3.8) is 0 Å². The van der Waals surface area contributed by atoms with Crippen LogP contribution in [0.4, 0.5) is 0 Å². The molecule has 7 aromatic rings. The van der Waals surface area contributed by atoms with Crippen molar-refractivity contribution in [1.82, 2.24) is 0 Å². The molecule has 7 rings (SSSR count). The molecule has 63 heavy (non-hydrogen) atoms. The lowest BCUT2D eigenvalue weighted by molar-refractivity contribution is 0.656. The molecule has 0 aromatic heterocycles. The zero-order valence-corrected chi connectivity index (χ0v) is 43.3. The molecule has 0 heterocycles. The molecule has 0 aliphatic rings. The fraction of sp³-hybridized carbons (Fsp3) is 0.276. The van der Waals surface area contributed by atoms with Gasteiger partial charge in [0, 0.05) is 5.02 Å². The predicted octanol–water partition coefficient (Wildman–Crippen LogP) is 20.7. The summed E-state index contributed by atoms with van der Waals surface area (Å²) in [6, 6.07) is 64.1. The fourth-order valence-corrected chi connectivity index (χ4v) is 4.83. The number of benzene rings is 7. The smallest absolute Gasteiger partial charge is 0.105 e. The van der Waals surface area contributed by atoms with E-state index < -0.39 is 0 Å². The number of hydrogen-bond donors (Lipinski definition) is 0. The quantitative estimate of drug-likeness (QED) is 0.122. The van der Waals surface area contributed by atoms with Crippen molar-refractivity contribution in [3.05, 3.63) is 248 Å². The zero-order chi connectivity index (χ0) is 47.5. The average molecular weight is 947 g/mol. The molecular formula is C58H73Cl5. The van der Waals surface area contributed by atoms with Crippen LogP contribution in [0.1, 0.15) is 91.8 Å². The summed E-state index contributed by atoms with van der Waals surface area (Å²) in [6.07, 6.45) is 7.01. The molecule has 0 aliphatic heterocycles. The zero-order valence-electron chi connectivity index (χ0n) is 39.5. The van der Waals surface area contributed by atoms with Crippen LogP contribution in [0.3, 0.4) is 0 Å². The third kappa shape index (κ3) is 43.0. The Balaban J connectivity index is 0. The number of unbranched alkanes of at least 4 members (excludes halogenated alkanes) is 4. The maximum Gasteiger partial charge on any atom is 0.105 e. The molecule has 0 N–H and O–H groups in total. The van der Waals surface area contributed by atoms with Crippen molar-refractivity contribution in [3.8, 4) is 0 Å². The van der Waals surface area contributed by atoms with Gasteiger partial charge in [0.1, 0.15) is 4.84 Å². The lowest BCUT2D eigenvalue weighted by Gasteiger charge is -1.93. The van der Waals surface area contributed by atoms with Crippen LogP contribution in [-0.2, 0) is 0 Å². The molecule has 0 aliphatic carbocycles. The van der Waals surface area contributed by atoms with E-state index in [2.05, 4.69) is 147 Å². The second-order valence-electron chi connectivity index (χ2n) is 14.4. The molecule has 7 aromatic carbocycles. The summed E-state index contributed by atoms with van der Waals surface area (Å²) in [7, 11) is 0. The van der Waals surface area contributed by atoms with Crippen LogP contribution in [0.15, 0.2) is 194 Å². The topological polar surface area (TPSA) is 0 Å². The van der Waals surface area contributed by atoms with E-state index in [9.17, 15) is 0 Å². The molecule has 0 radical (unpaired) electrons. The van der Waals surface area contributed by atoms with Crippen LogP contribution in [-0.4, -0.2) is 4.84 Å². The first-order valence-corrected chi connectivity index (χ1v) is 23.6. The first-order chi connectivity index (χ1) is 30.1. The van der Waals surface area contributed by atoms with Gasteiger partial charge in [-0.15, -0.1) is 23.2 Å². The van der Waals surface area contributed by atoms with Crippen LogP contribution in [0.25, 0.3) is 0 Å². The van der Waals surface area contributed by atoms with Crippen molar-refractivity contribution in [2.75, 3.05) is 0 Å². The molecule has 0 saturated carbocycles. The summed E-state index contributed by atoms with van der Waals surface area (Å²) in [5.41, 5.74) is 9.45. The second kappa shape index (κ2) is 43.3. The van der Waals surface area contributed by atoms with Crippen LogP contribution >= 0.6 is 58.0 Å². The summed E-state index contributed by atoms with van der Waals surface area (Å²) in [4.78, 5) is -0.222. The van der Waals surface area contributed by atoms with Gasteiger partial charge in [0.2, 0.25) is 0 Å². The van der Waals surface area contributed by atoms with Gasteiger partial charge in [-0.05, 0) is 102 Å². The molecule has 0 amide bonds. The number of hydrogen-bond acceptors (Lipinski definition) is 0. The molecule has 0 spiro atoms. The third-order valence-electron chi connectivity index (χ3n) is 8.44. The summed E-state index contributed by atoms with van der Waals surface area (Å²) in [5, 5.41) is 2.01. The van der Waals surface area contributed by atoms with Gasteiger partial charge in [0.05, 0.1) is 10.0 Å². The number of rotatable bonds is 4. The number of aryl methyl sites for hydroxylation is 7. The SMILES string of the molecule is CC(Cl)Cl.CCCCCCC.Cc1ccc(C)cc1.Cc1ccccc1.Cc1ccccc1C.Cc1ccccc1C.Clc1ccccc1.Clc1ccccc1Cl.c1ccccc1. The Hall–Kier alpha value is -4.01. The van der Waals surface area contributed by atoms with Crippen molar-refractivity contribution in [1.29, 1.82) is 0 Å². The molecule has 0 atom stereocenters. The molecule has 0 nitrogen and oxygen atoms in total. The van der Waals surface area contributed by atoms with Crippen LogP contribution in [0, 0.1) is 48.5 Å². The van der Waals surface area contributed by atoms with E-state index in [1.54, 1.807) is 19.1 Å². The van der Waals surface area contributed by atoms with Gasteiger partial charge < -0.3 is 0 Å². The van der Waals surface area contributed by atoms with Gasteiger partial charge >= 0.3 is 0 Å². The summed E-state index contributed by atoms with van der Waals surface area (Å²) >= 11 is 26.8. The maximum absolute atomic E-state index is 5.58. The van der Waals surface area contributed by atoms with Crippen LogP contribution in [0.5, 0.6) is 0 Å². The highest BCUT2D eigenvalue weighted by atomic mass is 35.5. The third-order valence-corrected chi connectivity index (χ3v) is 9.45. The van der Waals surface area contributed by atoms with Gasteiger partial charge in [-0.3, -0.25) is 0 Å². The minimum Gasteiger partial charge on any atom is -0.106 e. The number of halogens is 5. The summed E-state index contributed by atoms with van der Waals surface area (Å²) in [5.74, 6) is 0. The summed E-state index contributed by atoms with van der Waals surface area (Å²) < 4.78 is 0. The van der Waals surface area contributed by atoms with Crippen molar-refractivity contribution >= 4 is 58.0 Å². The van der Waals surface area contributed by atoms with E-state index in [-0.39, 0.29) is 4.84 Å². The molecular weight excluding hydrogens is 874 g/mol.